The molecule has 1 atom stereocenters. The fourth-order valence-electron chi connectivity index (χ4n) is 1.50. The summed E-state index contributed by atoms with van der Waals surface area (Å²) in [7, 11) is 0. The number of nitrogens with zero attached hydrogens (tertiary/aromatic N) is 1. The molecule has 0 radical (unpaired) electrons. The van der Waals surface area contributed by atoms with Crippen LogP contribution in [0.1, 0.15) is 26.7 Å². The molecule has 0 aromatic rings. The Morgan fingerprint density at radius 2 is 2.35 bits per heavy atom. The summed E-state index contributed by atoms with van der Waals surface area (Å²) in [5, 5.41) is 8.48. The molecule has 0 saturated heterocycles. The minimum absolute atomic E-state index is 0.181. The van der Waals surface area contributed by atoms with E-state index in [1.807, 2.05) is 26.0 Å². The van der Waals surface area contributed by atoms with E-state index in [4.69, 9.17) is 11.0 Å². The second-order valence-corrected chi connectivity index (χ2v) is 3.19. The topological polar surface area (TPSA) is 49.8 Å². The van der Waals surface area contributed by atoms with Gasteiger partial charge in [0.25, 0.3) is 0 Å². The molecule has 0 amide bonds. The smallest absolute Gasteiger partial charge is 0.108 e. The average molecular weight is 234 g/mol. The van der Waals surface area contributed by atoms with Crippen molar-refractivity contribution in [1.29, 1.82) is 5.26 Å². The van der Waals surface area contributed by atoms with Gasteiger partial charge in [-0.2, -0.15) is 5.26 Å². The Morgan fingerprint density at radius 1 is 1.65 bits per heavy atom. The van der Waals surface area contributed by atoms with E-state index in [-0.39, 0.29) is 18.2 Å². The van der Waals surface area contributed by atoms with Gasteiger partial charge >= 0.3 is 0 Å². The largest absolute Gasteiger partial charge is 0.405 e. The molecule has 0 aromatic heterocycles. The summed E-state index contributed by atoms with van der Waals surface area (Å²) in [5.74, 6) is -0.470. The second kappa shape index (κ2) is 9.41. The Balaban J connectivity index is 0.00000121. The van der Waals surface area contributed by atoms with Gasteiger partial charge in [0, 0.05) is 5.92 Å². The number of rotatable bonds is 3. The molecule has 1 aliphatic carbocycles. The summed E-state index contributed by atoms with van der Waals surface area (Å²) < 4.78 is 13.5. The SMILES string of the molecule is CC.N#CC/C=C(\C=C/N)C1CC=CC=C1F. The number of halogens is 1. The first-order valence-electron chi connectivity index (χ1n) is 5.77. The van der Waals surface area contributed by atoms with Crippen LogP contribution in [0.4, 0.5) is 4.39 Å². The van der Waals surface area contributed by atoms with Crippen molar-refractivity contribution in [2.24, 2.45) is 11.7 Å². The second-order valence-electron chi connectivity index (χ2n) is 3.19. The van der Waals surface area contributed by atoms with Gasteiger partial charge in [-0.3, -0.25) is 0 Å². The van der Waals surface area contributed by atoms with E-state index >= 15 is 0 Å². The molecule has 2 nitrogen and oxygen atoms in total. The molecule has 0 aliphatic heterocycles. The van der Waals surface area contributed by atoms with Gasteiger partial charge in [-0.05, 0) is 30.3 Å². The van der Waals surface area contributed by atoms with Crippen molar-refractivity contribution < 1.29 is 4.39 Å². The van der Waals surface area contributed by atoms with Gasteiger partial charge in [-0.1, -0.05) is 32.1 Å². The normalized spacial score (nSPS) is 19.3. The van der Waals surface area contributed by atoms with E-state index in [0.717, 1.165) is 5.57 Å². The van der Waals surface area contributed by atoms with Crippen LogP contribution in [0.2, 0.25) is 0 Å². The predicted molar refractivity (Wildman–Crippen MR) is 69.4 cm³/mol. The van der Waals surface area contributed by atoms with E-state index in [1.165, 1.54) is 12.3 Å². The Bertz CT molecular complexity index is 370. The van der Waals surface area contributed by atoms with Crippen LogP contribution < -0.4 is 5.73 Å². The molecule has 1 rings (SSSR count). The molecule has 0 saturated carbocycles. The standard InChI is InChI=1S/C12H13FN2.C2H6/c13-12-6-2-1-5-11(12)10(7-9-15)4-3-8-14;1-2/h1-2,4,6-7,9,11H,3,5,15H2;1-2H3/b9-7-,10-4+;. The summed E-state index contributed by atoms with van der Waals surface area (Å²) >= 11 is 0. The molecule has 3 heteroatoms. The van der Waals surface area contributed by atoms with Crippen molar-refractivity contribution in [3.8, 4) is 6.07 Å². The van der Waals surface area contributed by atoms with E-state index in [2.05, 4.69) is 0 Å². The molecule has 0 fully saturated rings. The Kier molecular flexibility index (Phi) is 8.40. The van der Waals surface area contributed by atoms with Crippen LogP contribution >= 0.6 is 0 Å². The third-order valence-electron chi connectivity index (χ3n) is 2.22. The molecular formula is C14H19FN2. The lowest BCUT2D eigenvalue weighted by molar-refractivity contribution is 0.511. The van der Waals surface area contributed by atoms with Crippen molar-refractivity contribution >= 4 is 0 Å². The first-order valence-corrected chi connectivity index (χ1v) is 5.77. The van der Waals surface area contributed by atoms with E-state index in [9.17, 15) is 4.39 Å². The van der Waals surface area contributed by atoms with Gasteiger partial charge in [-0.15, -0.1) is 0 Å². The number of hydrogen-bond donors (Lipinski definition) is 1. The van der Waals surface area contributed by atoms with E-state index in [1.54, 1.807) is 18.2 Å². The number of nitrogens with two attached hydrogens (primary N) is 1. The fourth-order valence-corrected chi connectivity index (χ4v) is 1.50. The van der Waals surface area contributed by atoms with Gasteiger partial charge in [-0.25, -0.2) is 4.39 Å². The van der Waals surface area contributed by atoms with Crippen molar-refractivity contribution in [1.82, 2.24) is 0 Å². The highest BCUT2D eigenvalue weighted by atomic mass is 19.1. The lowest BCUT2D eigenvalue weighted by Gasteiger charge is -2.16. The molecule has 0 spiro atoms. The predicted octanol–water partition coefficient (Wildman–Crippen LogP) is 3.75. The summed E-state index contributed by atoms with van der Waals surface area (Å²) in [5.41, 5.74) is 6.05. The highest BCUT2D eigenvalue weighted by Crippen LogP contribution is 2.29. The maximum Gasteiger partial charge on any atom is 0.108 e. The highest BCUT2D eigenvalue weighted by molar-refractivity contribution is 5.32. The molecule has 0 heterocycles. The zero-order valence-electron chi connectivity index (χ0n) is 10.4. The van der Waals surface area contributed by atoms with Crippen molar-refractivity contribution in [3.63, 3.8) is 0 Å². The van der Waals surface area contributed by atoms with Crippen molar-refractivity contribution in [3.05, 3.63) is 48.0 Å². The number of hydrogen-bond acceptors (Lipinski definition) is 2. The van der Waals surface area contributed by atoms with Crippen LogP contribution in [0.15, 0.2) is 48.0 Å². The average Bonchev–Trinajstić information content (AvgIpc) is 2.38. The van der Waals surface area contributed by atoms with Gasteiger partial charge in [0.1, 0.15) is 5.83 Å². The van der Waals surface area contributed by atoms with Crippen molar-refractivity contribution in [2.75, 3.05) is 0 Å². The van der Waals surface area contributed by atoms with Gasteiger partial charge < -0.3 is 5.73 Å². The minimum atomic E-state index is -0.289. The van der Waals surface area contributed by atoms with Gasteiger partial charge in [0.2, 0.25) is 0 Å². The Hall–Kier alpha value is -1.82. The maximum absolute atomic E-state index is 13.5. The van der Waals surface area contributed by atoms with Crippen LogP contribution in [0.5, 0.6) is 0 Å². The van der Waals surface area contributed by atoms with Crippen LogP contribution in [-0.2, 0) is 0 Å². The molecule has 1 unspecified atom stereocenters. The monoisotopic (exact) mass is 234 g/mol. The van der Waals surface area contributed by atoms with Crippen LogP contribution in [0.3, 0.4) is 0 Å². The molecular weight excluding hydrogens is 215 g/mol. The summed E-state index contributed by atoms with van der Waals surface area (Å²) in [4.78, 5) is 0. The fraction of sp³-hybridized carbons (Fsp3) is 0.357. The Morgan fingerprint density at radius 3 is 2.88 bits per heavy atom. The maximum atomic E-state index is 13.5. The van der Waals surface area contributed by atoms with Crippen LogP contribution in [-0.4, -0.2) is 0 Å². The van der Waals surface area contributed by atoms with Crippen molar-refractivity contribution in [2.45, 2.75) is 26.7 Å². The third-order valence-corrected chi connectivity index (χ3v) is 2.22. The minimum Gasteiger partial charge on any atom is -0.405 e. The first-order chi connectivity index (χ1) is 8.29. The van der Waals surface area contributed by atoms with Crippen LogP contribution in [0.25, 0.3) is 0 Å². The molecule has 92 valence electrons. The molecule has 1 aliphatic rings. The molecule has 0 aromatic carbocycles. The number of nitriles is 1. The molecule has 0 bridgehead atoms. The summed E-state index contributed by atoms with van der Waals surface area (Å²) in [6, 6.07) is 2.00. The number of allylic oxidation sites excluding steroid dienone is 7. The molecule has 17 heavy (non-hydrogen) atoms. The lowest BCUT2D eigenvalue weighted by Crippen LogP contribution is -2.05. The third kappa shape index (κ3) is 5.17. The van der Waals surface area contributed by atoms with Gasteiger partial charge in [0.05, 0.1) is 12.5 Å². The quantitative estimate of drug-likeness (QED) is 0.756. The first kappa shape index (κ1) is 15.2. The van der Waals surface area contributed by atoms with Crippen LogP contribution in [0, 0.1) is 17.2 Å². The lowest BCUT2D eigenvalue weighted by atomic mass is 9.90. The molecule has 2 N–H and O–H groups in total. The van der Waals surface area contributed by atoms with E-state index < -0.39 is 0 Å². The Labute approximate surface area is 103 Å². The summed E-state index contributed by atoms with van der Waals surface area (Å²) in [6.45, 7) is 4.00. The van der Waals surface area contributed by atoms with E-state index in [0.29, 0.717) is 6.42 Å². The van der Waals surface area contributed by atoms with Gasteiger partial charge in [0.15, 0.2) is 0 Å². The highest BCUT2D eigenvalue weighted by Gasteiger charge is 2.17. The zero-order chi connectivity index (χ0) is 13.1. The summed E-state index contributed by atoms with van der Waals surface area (Å²) in [6.07, 6.45) is 10.7. The zero-order valence-corrected chi connectivity index (χ0v) is 10.4.